The van der Waals surface area contributed by atoms with E-state index in [-0.39, 0.29) is 5.91 Å². The van der Waals surface area contributed by atoms with Crippen molar-refractivity contribution in [1.82, 2.24) is 4.98 Å². The van der Waals surface area contributed by atoms with Gasteiger partial charge in [0.05, 0.1) is 16.6 Å². The largest absolute Gasteiger partial charge is 0.326 e. The van der Waals surface area contributed by atoms with Crippen LogP contribution in [0, 0.1) is 0 Å². The third-order valence-corrected chi connectivity index (χ3v) is 6.51. The lowest BCUT2D eigenvalue weighted by Crippen LogP contribution is -2.14. The number of carbonyl (C=O) groups excluding carboxylic acids is 1. The van der Waals surface area contributed by atoms with Gasteiger partial charge in [-0.1, -0.05) is 37.7 Å². The summed E-state index contributed by atoms with van der Waals surface area (Å²) in [5.74, 6) is -0.00165. The van der Waals surface area contributed by atoms with Crippen molar-refractivity contribution < 1.29 is 4.79 Å². The van der Waals surface area contributed by atoms with Crippen LogP contribution in [0.4, 0.5) is 5.69 Å². The number of benzene rings is 2. The van der Waals surface area contributed by atoms with Crippen LogP contribution in [-0.2, 0) is 11.2 Å². The predicted octanol–water partition coefficient (Wildman–Crippen LogP) is 5.70. The van der Waals surface area contributed by atoms with E-state index in [0.29, 0.717) is 11.7 Å². The second kappa shape index (κ2) is 8.25. The summed E-state index contributed by atoms with van der Waals surface area (Å²) in [5, 5.41) is 3.54. The molecule has 0 fully saturated rings. The fourth-order valence-corrected chi connectivity index (χ4v) is 4.78. The normalized spacial score (nSPS) is 11.2. The number of thioether (sulfide) groups is 2. The summed E-state index contributed by atoms with van der Waals surface area (Å²) in [4.78, 5) is 18.1. The van der Waals surface area contributed by atoms with Gasteiger partial charge in [0.2, 0.25) is 5.91 Å². The molecule has 1 heterocycles. The van der Waals surface area contributed by atoms with Gasteiger partial charge in [-0.2, -0.15) is 0 Å². The highest BCUT2D eigenvalue weighted by Gasteiger charge is 2.08. The number of hydrogen-bond donors (Lipinski definition) is 1. The minimum Gasteiger partial charge on any atom is -0.326 e. The molecule has 3 nitrogen and oxygen atoms in total. The lowest BCUT2D eigenvalue weighted by Gasteiger charge is -2.07. The van der Waals surface area contributed by atoms with Gasteiger partial charge >= 0.3 is 0 Å². The first-order valence-electron chi connectivity index (χ1n) is 8.03. The SMILES string of the molecule is CSc1nc2ccc(NC(=O)Cc3ccc(SC(C)C)cc3)cc2s1. The van der Waals surface area contributed by atoms with Gasteiger partial charge < -0.3 is 5.32 Å². The van der Waals surface area contributed by atoms with Crippen molar-refractivity contribution in [3.63, 3.8) is 0 Å². The zero-order chi connectivity index (χ0) is 17.8. The molecule has 3 aromatic rings. The lowest BCUT2D eigenvalue weighted by atomic mass is 10.1. The van der Waals surface area contributed by atoms with E-state index in [1.54, 1.807) is 23.1 Å². The van der Waals surface area contributed by atoms with Gasteiger partial charge in [0.1, 0.15) is 0 Å². The first-order chi connectivity index (χ1) is 12.0. The van der Waals surface area contributed by atoms with E-state index >= 15 is 0 Å². The van der Waals surface area contributed by atoms with Gasteiger partial charge in [-0.05, 0) is 42.2 Å². The Morgan fingerprint density at radius 1 is 1.20 bits per heavy atom. The Hall–Kier alpha value is -1.50. The Bertz CT molecular complexity index is 872. The minimum absolute atomic E-state index is 0.00165. The fraction of sp³-hybridized carbons (Fsp3) is 0.263. The molecule has 0 atom stereocenters. The number of hydrogen-bond acceptors (Lipinski definition) is 5. The Balaban J connectivity index is 1.63. The zero-order valence-electron chi connectivity index (χ0n) is 14.4. The number of amides is 1. The minimum atomic E-state index is -0.00165. The van der Waals surface area contributed by atoms with E-state index in [4.69, 9.17) is 0 Å². The number of nitrogens with zero attached hydrogens (tertiary/aromatic N) is 1. The molecule has 0 aliphatic heterocycles. The van der Waals surface area contributed by atoms with E-state index in [0.717, 1.165) is 25.8 Å². The number of fused-ring (bicyclic) bond motifs is 1. The van der Waals surface area contributed by atoms with Gasteiger partial charge in [-0.15, -0.1) is 23.1 Å². The highest BCUT2D eigenvalue weighted by molar-refractivity contribution is 8.00. The van der Waals surface area contributed by atoms with Crippen LogP contribution < -0.4 is 5.32 Å². The first kappa shape index (κ1) is 18.3. The first-order valence-corrected chi connectivity index (χ1v) is 11.0. The van der Waals surface area contributed by atoms with Crippen LogP contribution in [0.3, 0.4) is 0 Å². The Kier molecular flexibility index (Phi) is 6.04. The Morgan fingerprint density at radius 3 is 2.64 bits per heavy atom. The molecule has 0 radical (unpaired) electrons. The number of aromatic nitrogens is 1. The molecule has 0 aliphatic rings. The molecule has 1 aromatic heterocycles. The molecule has 130 valence electrons. The van der Waals surface area contributed by atoms with Crippen LogP contribution in [-0.4, -0.2) is 22.4 Å². The van der Waals surface area contributed by atoms with Crippen LogP contribution in [0.2, 0.25) is 0 Å². The number of rotatable bonds is 6. The third kappa shape index (κ3) is 5.00. The van der Waals surface area contributed by atoms with Crippen LogP contribution >= 0.6 is 34.9 Å². The molecular formula is C19H20N2OS3. The van der Waals surface area contributed by atoms with Crippen molar-refractivity contribution in [1.29, 1.82) is 0 Å². The molecule has 2 aromatic carbocycles. The average Bonchev–Trinajstić information content (AvgIpc) is 2.98. The highest BCUT2D eigenvalue weighted by atomic mass is 32.2. The molecule has 25 heavy (non-hydrogen) atoms. The number of anilines is 1. The number of carbonyl (C=O) groups is 1. The summed E-state index contributed by atoms with van der Waals surface area (Å²) in [6.45, 7) is 4.35. The lowest BCUT2D eigenvalue weighted by molar-refractivity contribution is -0.115. The molecule has 1 N–H and O–H groups in total. The van der Waals surface area contributed by atoms with E-state index in [2.05, 4.69) is 36.3 Å². The van der Waals surface area contributed by atoms with Gasteiger partial charge in [-0.25, -0.2) is 4.98 Å². The predicted molar refractivity (Wildman–Crippen MR) is 111 cm³/mol. The molecule has 0 bridgehead atoms. The summed E-state index contributed by atoms with van der Waals surface area (Å²) < 4.78 is 2.13. The topological polar surface area (TPSA) is 42.0 Å². The molecule has 0 spiro atoms. The third-order valence-electron chi connectivity index (χ3n) is 3.49. The second-order valence-corrected chi connectivity index (χ2v) is 9.64. The monoisotopic (exact) mass is 388 g/mol. The summed E-state index contributed by atoms with van der Waals surface area (Å²) in [6, 6.07) is 14.1. The number of thiazole rings is 1. The molecule has 0 aliphatic carbocycles. The van der Waals surface area contributed by atoms with Crippen molar-refractivity contribution in [3.8, 4) is 0 Å². The summed E-state index contributed by atoms with van der Waals surface area (Å²) in [5.41, 5.74) is 2.82. The Morgan fingerprint density at radius 2 is 1.96 bits per heavy atom. The van der Waals surface area contributed by atoms with Crippen molar-refractivity contribution in [2.45, 2.75) is 34.8 Å². The smallest absolute Gasteiger partial charge is 0.228 e. The van der Waals surface area contributed by atoms with Gasteiger partial charge in [0.25, 0.3) is 0 Å². The maximum Gasteiger partial charge on any atom is 0.228 e. The second-order valence-electron chi connectivity index (χ2n) is 5.90. The zero-order valence-corrected chi connectivity index (χ0v) is 16.9. The number of nitrogens with one attached hydrogen (secondary N) is 1. The maximum absolute atomic E-state index is 12.3. The maximum atomic E-state index is 12.3. The van der Waals surface area contributed by atoms with Crippen molar-refractivity contribution in [3.05, 3.63) is 48.0 Å². The van der Waals surface area contributed by atoms with Crippen LogP contribution in [0.5, 0.6) is 0 Å². The summed E-state index contributed by atoms with van der Waals surface area (Å²) in [7, 11) is 0. The van der Waals surface area contributed by atoms with E-state index < -0.39 is 0 Å². The van der Waals surface area contributed by atoms with Gasteiger partial charge in [0, 0.05) is 15.8 Å². The fourth-order valence-electron chi connectivity index (χ4n) is 2.42. The molecule has 0 saturated heterocycles. The summed E-state index contributed by atoms with van der Waals surface area (Å²) >= 11 is 5.11. The van der Waals surface area contributed by atoms with E-state index in [1.807, 2.05) is 48.3 Å². The van der Waals surface area contributed by atoms with Crippen LogP contribution in [0.25, 0.3) is 10.2 Å². The molecule has 3 rings (SSSR count). The van der Waals surface area contributed by atoms with E-state index in [9.17, 15) is 4.79 Å². The molecular weight excluding hydrogens is 368 g/mol. The van der Waals surface area contributed by atoms with Gasteiger partial charge in [-0.3, -0.25) is 4.79 Å². The Labute approximate surface area is 160 Å². The molecule has 1 amide bonds. The van der Waals surface area contributed by atoms with Crippen molar-refractivity contribution >= 4 is 56.7 Å². The van der Waals surface area contributed by atoms with Crippen molar-refractivity contribution in [2.24, 2.45) is 0 Å². The van der Waals surface area contributed by atoms with Crippen LogP contribution in [0.1, 0.15) is 19.4 Å². The summed E-state index contributed by atoms with van der Waals surface area (Å²) in [6.07, 6.45) is 2.40. The van der Waals surface area contributed by atoms with Gasteiger partial charge in [0.15, 0.2) is 4.34 Å². The molecule has 0 unspecified atom stereocenters. The molecule has 0 saturated carbocycles. The standard InChI is InChI=1S/C19H20N2OS3/c1-12(2)24-15-7-4-13(5-8-15)10-18(22)20-14-6-9-16-17(11-14)25-19(21-16)23-3/h4-9,11-12H,10H2,1-3H3,(H,20,22). The van der Waals surface area contributed by atoms with E-state index in [1.165, 1.54) is 4.90 Å². The van der Waals surface area contributed by atoms with Crippen molar-refractivity contribution in [2.75, 3.05) is 11.6 Å². The average molecular weight is 389 g/mol. The van der Waals surface area contributed by atoms with Crippen LogP contribution in [0.15, 0.2) is 51.7 Å². The quantitative estimate of drug-likeness (QED) is 0.550. The molecule has 6 heteroatoms. The highest BCUT2D eigenvalue weighted by Crippen LogP contribution is 2.30.